The lowest BCUT2D eigenvalue weighted by molar-refractivity contribution is -0.139. The van der Waals surface area contributed by atoms with Crippen molar-refractivity contribution < 1.29 is 19.8 Å². The molecule has 2 atom stereocenters. The summed E-state index contributed by atoms with van der Waals surface area (Å²) in [5.74, 6) is -1.17. The van der Waals surface area contributed by atoms with Gasteiger partial charge in [0.25, 0.3) is 0 Å². The molecule has 0 radical (unpaired) electrons. The third-order valence-electron chi connectivity index (χ3n) is 3.02. The molecule has 20 heavy (non-hydrogen) atoms. The number of nitrogens with one attached hydrogen (secondary N) is 2. The maximum atomic E-state index is 11.8. The van der Waals surface area contributed by atoms with E-state index >= 15 is 0 Å². The monoisotopic (exact) mass is 280 g/mol. The normalized spacial score (nSPS) is 13.3. The highest BCUT2D eigenvalue weighted by atomic mass is 16.4. The number of amides is 2. The molecule has 2 amide bonds. The molecule has 0 aliphatic carbocycles. The summed E-state index contributed by atoms with van der Waals surface area (Å²) in [5.41, 5.74) is 2.02. The SMILES string of the molecule is Cc1ccccc1C(C)NC(=O)N[C@@H](CCO)C(=O)O. The summed E-state index contributed by atoms with van der Waals surface area (Å²) >= 11 is 0. The van der Waals surface area contributed by atoms with Crippen molar-refractivity contribution in [2.24, 2.45) is 0 Å². The molecule has 0 bridgehead atoms. The van der Waals surface area contributed by atoms with Crippen LogP contribution >= 0.6 is 0 Å². The Labute approximate surface area is 117 Å². The summed E-state index contributed by atoms with van der Waals surface area (Å²) in [6.45, 7) is 3.46. The molecule has 110 valence electrons. The van der Waals surface area contributed by atoms with E-state index in [4.69, 9.17) is 10.2 Å². The van der Waals surface area contributed by atoms with Gasteiger partial charge in [0.1, 0.15) is 6.04 Å². The van der Waals surface area contributed by atoms with Crippen LogP contribution in [0, 0.1) is 6.92 Å². The largest absolute Gasteiger partial charge is 0.480 e. The number of carbonyl (C=O) groups excluding carboxylic acids is 1. The van der Waals surface area contributed by atoms with Crippen LogP contribution in [0.5, 0.6) is 0 Å². The molecule has 1 aromatic carbocycles. The average Bonchev–Trinajstić information content (AvgIpc) is 2.38. The summed E-state index contributed by atoms with van der Waals surface area (Å²) in [6, 6.07) is 5.74. The van der Waals surface area contributed by atoms with Crippen molar-refractivity contribution in [2.45, 2.75) is 32.4 Å². The van der Waals surface area contributed by atoms with Crippen LogP contribution in [0.1, 0.15) is 30.5 Å². The fourth-order valence-corrected chi connectivity index (χ4v) is 1.93. The molecule has 0 heterocycles. The lowest BCUT2D eigenvalue weighted by Gasteiger charge is -2.19. The Bertz CT molecular complexity index is 476. The van der Waals surface area contributed by atoms with Crippen LogP contribution < -0.4 is 10.6 Å². The van der Waals surface area contributed by atoms with Crippen LogP contribution in [0.25, 0.3) is 0 Å². The van der Waals surface area contributed by atoms with Crippen LogP contribution in [0.2, 0.25) is 0 Å². The first kappa shape index (κ1) is 16.0. The lowest BCUT2D eigenvalue weighted by atomic mass is 10.0. The van der Waals surface area contributed by atoms with E-state index in [1.165, 1.54) is 0 Å². The number of aryl methyl sites for hydroxylation is 1. The zero-order valence-electron chi connectivity index (χ0n) is 11.6. The van der Waals surface area contributed by atoms with E-state index in [2.05, 4.69) is 10.6 Å². The van der Waals surface area contributed by atoms with Crippen LogP contribution in [0.4, 0.5) is 4.79 Å². The van der Waals surface area contributed by atoms with Gasteiger partial charge >= 0.3 is 12.0 Å². The quantitative estimate of drug-likeness (QED) is 0.629. The standard InChI is InChI=1S/C14H20N2O4/c1-9-5-3-4-6-11(9)10(2)15-14(20)16-12(7-8-17)13(18)19/h3-6,10,12,17H,7-8H2,1-2H3,(H,18,19)(H2,15,16,20)/t10?,12-/m0/s1. The van der Waals surface area contributed by atoms with Crippen molar-refractivity contribution in [3.63, 3.8) is 0 Å². The first-order valence-corrected chi connectivity index (χ1v) is 6.42. The summed E-state index contributed by atoms with van der Waals surface area (Å²) in [4.78, 5) is 22.6. The topological polar surface area (TPSA) is 98.7 Å². The molecule has 1 unspecified atom stereocenters. The molecule has 0 spiro atoms. The molecule has 0 aliphatic rings. The Morgan fingerprint density at radius 2 is 1.90 bits per heavy atom. The molecular weight excluding hydrogens is 260 g/mol. The van der Waals surface area contributed by atoms with Crippen molar-refractivity contribution in [3.05, 3.63) is 35.4 Å². The van der Waals surface area contributed by atoms with Gasteiger partial charge in [-0.2, -0.15) is 0 Å². The van der Waals surface area contributed by atoms with Crippen molar-refractivity contribution in [1.82, 2.24) is 10.6 Å². The minimum Gasteiger partial charge on any atom is -0.480 e. The van der Waals surface area contributed by atoms with E-state index in [1.54, 1.807) is 0 Å². The van der Waals surface area contributed by atoms with Crippen molar-refractivity contribution in [1.29, 1.82) is 0 Å². The summed E-state index contributed by atoms with van der Waals surface area (Å²) in [5, 5.41) is 22.7. The molecule has 1 rings (SSSR count). The Kier molecular flexibility index (Phi) is 5.99. The number of aliphatic hydroxyl groups excluding tert-OH is 1. The number of aliphatic carboxylic acids is 1. The van der Waals surface area contributed by atoms with Gasteiger partial charge in [0.15, 0.2) is 0 Å². The molecule has 0 aliphatic heterocycles. The summed E-state index contributed by atoms with van der Waals surface area (Å²) < 4.78 is 0. The number of carbonyl (C=O) groups is 2. The molecule has 0 saturated heterocycles. The third-order valence-corrected chi connectivity index (χ3v) is 3.02. The molecule has 0 saturated carbocycles. The van der Waals surface area contributed by atoms with E-state index in [0.717, 1.165) is 11.1 Å². The van der Waals surface area contributed by atoms with Gasteiger partial charge in [-0.3, -0.25) is 0 Å². The van der Waals surface area contributed by atoms with E-state index in [0.29, 0.717) is 0 Å². The number of urea groups is 1. The van der Waals surface area contributed by atoms with Crippen LogP contribution in [0.3, 0.4) is 0 Å². The van der Waals surface area contributed by atoms with Gasteiger partial charge in [0.2, 0.25) is 0 Å². The van der Waals surface area contributed by atoms with E-state index in [9.17, 15) is 9.59 Å². The fraction of sp³-hybridized carbons (Fsp3) is 0.429. The van der Waals surface area contributed by atoms with Crippen LogP contribution in [-0.4, -0.2) is 34.9 Å². The minimum atomic E-state index is -1.17. The second-order valence-electron chi connectivity index (χ2n) is 4.60. The van der Waals surface area contributed by atoms with Crippen molar-refractivity contribution in [2.75, 3.05) is 6.61 Å². The van der Waals surface area contributed by atoms with Crippen LogP contribution in [0.15, 0.2) is 24.3 Å². The summed E-state index contributed by atoms with van der Waals surface area (Å²) in [7, 11) is 0. The second-order valence-corrected chi connectivity index (χ2v) is 4.60. The van der Waals surface area contributed by atoms with Crippen molar-refractivity contribution >= 4 is 12.0 Å². The molecule has 1 aromatic rings. The Balaban J connectivity index is 2.62. The molecule has 0 aromatic heterocycles. The summed E-state index contributed by atoms with van der Waals surface area (Å²) in [6.07, 6.45) is -0.0263. The number of carboxylic acid groups (broad SMARTS) is 1. The highest BCUT2D eigenvalue weighted by molar-refractivity contribution is 5.82. The fourth-order valence-electron chi connectivity index (χ4n) is 1.93. The van der Waals surface area contributed by atoms with Gasteiger partial charge in [-0.05, 0) is 25.0 Å². The van der Waals surface area contributed by atoms with Gasteiger partial charge in [-0.25, -0.2) is 9.59 Å². The number of rotatable bonds is 6. The number of benzene rings is 1. The number of hydrogen-bond donors (Lipinski definition) is 4. The molecular formula is C14H20N2O4. The third kappa shape index (κ3) is 4.55. The Morgan fingerprint density at radius 3 is 2.45 bits per heavy atom. The predicted molar refractivity (Wildman–Crippen MR) is 74.4 cm³/mol. The minimum absolute atomic E-state index is 0.0263. The first-order valence-electron chi connectivity index (χ1n) is 6.42. The smallest absolute Gasteiger partial charge is 0.326 e. The van der Waals surface area contributed by atoms with Gasteiger partial charge in [-0.1, -0.05) is 24.3 Å². The number of carboxylic acids is 1. The molecule has 0 fully saturated rings. The Hall–Kier alpha value is -2.08. The van der Waals surface area contributed by atoms with Gasteiger partial charge in [0, 0.05) is 13.0 Å². The highest BCUT2D eigenvalue weighted by Gasteiger charge is 2.20. The van der Waals surface area contributed by atoms with Gasteiger partial charge in [0.05, 0.1) is 6.04 Å². The molecule has 6 heteroatoms. The zero-order valence-corrected chi connectivity index (χ0v) is 11.6. The lowest BCUT2D eigenvalue weighted by Crippen LogP contribution is -2.47. The second kappa shape index (κ2) is 7.49. The van der Waals surface area contributed by atoms with Crippen molar-refractivity contribution in [3.8, 4) is 0 Å². The van der Waals surface area contributed by atoms with E-state index in [1.807, 2.05) is 38.1 Å². The maximum Gasteiger partial charge on any atom is 0.326 e. The number of hydrogen-bond acceptors (Lipinski definition) is 3. The van der Waals surface area contributed by atoms with Gasteiger partial charge in [-0.15, -0.1) is 0 Å². The highest BCUT2D eigenvalue weighted by Crippen LogP contribution is 2.16. The Morgan fingerprint density at radius 1 is 1.25 bits per heavy atom. The zero-order chi connectivity index (χ0) is 15.1. The van der Waals surface area contributed by atoms with Gasteiger partial charge < -0.3 is 20.8 Å². The van der Waals surface area contributed by atoms with E-state index < -0.39 is 18.0 Å². The first-order chi connectivity index (χ1) is 9.45. The van der Waals surface area contributed by atoms with Crippen LogP contribution in [-0.2, 0) is 4.79 Å². The predicted octanol–water partition coefficient (Wildman–Crippen LogP) is 1.19. The molecule has 4 N–H and O–H groups in total. The molecule has 6 nitrogen and oxygen atoms in total. The maximum absolute atomic E-state index is 11.8. The van der Waals surface area contributed by atoms with E-state index in [-0.39, 0.29) is 19.1 Å². The number of aliphatic hydroxyl groups is 1. The average molecular weight is 280 g/mol.